The third kappa shape index (κ3) is 2.44. The van der Waals surface area contributed by atoms with E-state index in [0.29, 0.717) is 24.0 Å². The van der Waals surface area contributed by atoms with Crippen molar-refractivity contribution >= 4 is 5.91 Å². The van der Waals surface area contributed by atoms with Crippen LogP contribution in [-0.4, -0.2) is 23.9 Å². The minimum absolute atomic E-state index is 0.0194. The lowest BCUT2D eigenvalue weighted by molar-refractivity contribution is 0.0723. The number of hydrogen-bond donors (Lipinski definition) is 1. The Labute approximate surface area is 95.4 Å². The Kier molecular flexibility index (Phi) is 3.29. The van der Waals surface area contributed by atoms with Crippen molar-refractivity contribution in [2.24, 2.45) is 11.7 Å². The van der Waals surface area contributed by atoms with Crippen molar-refractivity contribution in [1.82, 2.24) is 4.90 Å². The monoisotopic (exact) mass is 222 g/mol. The Morgan fingerprint density at radius 1 is 1.56 bits per heavy atom. The largest absolute Gasteiger partial charge is 0.455 e. The maximum absolute atomic E-state index is 12.1. The molecule has 4 nitrogen and oxygen atoms in total. The van der Waals surface area contributed by atoms with Crippen molar-refractivity contribution in [3.63, 3.8) is 0 Å². The van der Waals surface area contributed by atoms with E-state index in [-0.39, 0.29) is 5.91 Å². The summed E-state index contributed by atoms with van der Waals surface area (Å²) < 4.78 is 5.36. The van der Waals surface area contributed by atoms with Gasteiger partial charge in [-0.3, -0.25) is 4.79 Å². The number of carbonyl (C=O) groups excluding carboxylic acids is 1. The number of hydrogen-bond acceptors (Lipinski definition) is 3. The van der Waals surface area contributed by atoms with Gasteiger partial charge in [-0.05, 0) is 37.8 Å². The molecule has 1 aliphatic carbocycles. The molecule has 4 heteroatoms. The van der Waals surface area contributed by atoms with Gasteiger partial charge in [-0.1, -0.05) is 0 Å². The van der Waals surface area contributed by atoms with E-state index in [1.54, 1.807) is 12.1 Å². The second kappa shape index (κ2) is 4.70. The lowest BCUT2D eigenvalue weighted by Gasteiger charge is -2.19. The summed E-state index contributed by atoms with van der Waals surface area (Å²) in [6, 6.07) is 3.47. The highest BCUT2D eigenvalue weighted by molar-refractivity contribution is 5.91. The van der Waals surface area contributed by atoms with Gasteiger partial charge in [0.1, 0.15) is 5.76 Å². The molecule has 0 saturated heterocycles. The van der Waals surface area contributed by atoms with Crippen LogP contribution < -0.4 is 5.73 Å². The fourth-order valence-electron chi connectivity index (χ4n) is 1.73. The van der Waals surface area contributed by atoms with Crippen molar-refractivity contribution < 1.29 is 9.21 Å². The zero-order valence-corrected chi connectivity index (χ0v) is 9.61. The van der Waals surface area contributed by atoms with Gasteiger partial charge in [0.25, 0.3) is 5.91 Å². The fourth-order valence-corrected chi connectivity index (χ4v) is 1.73. The Bertz CT molecular complexity index is 369. The molecule has 88 valence electrons. The topological polar surface area (TPSA) is 59.5 Å². The molecule has 0 spiro atoms. The fraction of sp³-hybridized carbons (Fsp3) is 0.583. The minimum atomic E-state index is -0.0194. The van der Waals surface area contributed by atoms with Gasteiger partial charge in [0.05, 0.1) is 6.54 Å². The van der Waals surface area contributed by atoms with Crippen molar-refractivity contribution in [1.29, 1.82) is 0 Å². The first-order chi connectivity index (χ1) is 7.74. The van der Waals surface area contributed by atoms with Crippen LogP contribution >= 0.6 is 0 Å². The molecule has 0 atom stereocenters. The van der Waals surface area contributed by atoms with Gasteiger partial charge >= 0.3 is 0 Å². The molecule has 2 rings (SSSR count). The van der Waals surface area contributed by atoms with E-state index in [9.17, 15) is 4.79 Å². The maximum atomic E-state index is 12.1. The number of carbonyl (C=O) groups is 1. The molecule has 0 radical (unpaired) electrons. The standard InChI is InChI=1S/C12H18N2O2/c1-2-14(8-9-3-4-9)12(15)11-6-5-10(7-13)16-11/h5-6,9H,2-4,7-8,13H2,1H3. The Balaban J connectivity index is 2.02. The number of furan rings is 1. The molecule has 1 heterocycles. The van der Waals surface area contributed by atoms with Gasteiger partial charge in [-0.15, -0.1) is 0 Å². The lowest BCUT2D eigenvalue weighted by Crippen LogP contribution is -2.32. The Morgan fingerprint density at radius 3 is 2.81 bits per heavy atom. The molecular formula is C12H18N2O2. The average molecular weight is 222 g/mol. The molecule has 1 amide bonds. The smallest absolute Gasteiger partial charge is 0.289 e. The predicted octanol–water partition coefficient (Wildman–Crippen LogP) is 1.61. The number of nitrogens with zero attached hydrogens (tertiary/aromatic N) is 1. The molecule has 0 aliphatic heterocycles. The molecule has 16 heavy (non-hydrogen) atoms. The van der Waals surface area contributed by atoms with E-state index in [2.05, 4.69) is 0 Å². The zero-order valence-electron chi connectivity index (χ0n) is 9.61. The van der Waals surface area contributed by atoms with E-state index < -0.39 is 0 Å². The first-order valence-corrected chi connectivity index (χ1v) is 5.82. The highest BCUT2D eigenvalue weighted by atomic mass is 16.4. The second-order valence-electron chi connectivity index (χ2n) is 4.26. The molecule has 1 saturated carbocycles. The van der Waals surface area contributed by atoms with Crippen molar-refractivity contribution in [3.8, 4) is 0 Å². The maximum Gasteiger partial charge on any atom is 0.289 e. The highest BCUT2D eigenvalue weighted by Crippen LogP contribution is 2.30. The van der Waals surface area contributed by atoms with Crippen LogP contribution in [0.3, 0.4) is 0 Å². The summed E-state index contributed by atoms with van der Waals surface area (Å²) >= 11 is 0. The van der Waals surface area contributed by atoms with E-state index >= 15 is 0 Å². The van der Waals surface area contributed by atoms with Crippen molar-refractivity contribution in [3.05, 3.63) is 23.7 Å². The molecule has 0 bridgehead atoms. The predicted molar refractivity (Wildman–Crippen MR) is 60.9 cm³/mol. The second-order valence-corrected chi connectivity index (χ2v) is 4.26. The Hall–Kier alpha value is -1.29. The molecule has 0 aromatic carbocycles. The van der Waals surface area contributed by atoms with Crippen LogP contribution in [0.25, 0.3) is 0 Å². The summed E-state index contributed by atoms with van der Waals surface area (Å²) in [6.07, 6.45) is 2.49. The number of rotatable bonds is 5. The van der Waals surface area contributed by atoms with Gasteiger partial charge in [-0.25, -0.2) is 0 Å². The minimum Gasteiger partial charge on any atom is -0.455 e. The molecule has 1 aliphatic rings. The van der Waals surface area contributed by atoms with E-state index in [1.807, 2.05) is 11.8 Å². The summed E-state index contributed by atoms with van der Waals surface area (Å²) in [4.78, 5) is 13.9. The molecule has 1 fully saturated rings. The van der Waals surface area contributed by atoms with Crippen LogP contribution in [0.4, 0.5) is 0 Å². The van der Waals surface area contributed by atoms with Gasteiger partial charge in [0, 0.05) is 13.1 Å². The lowest BCUT2D eigenvalue weighted by atomic mass is 10.3. The quantitative estimate of drug-likeness (QED) is 0.823. The van der Waals surface area contributed by atoms with Crippen LogP contribution in [0.15, 0.2) is 16.5 Å². The van der Waals surface area contributed by atoms with Crippen LogP contribution in [0.5, 0.6) is 0 Å². The number of nitrogens with two attached hydrogens (primary N) is 1. The van der Waals surface area contributed by atoms with Gasteiger partial charge in [0.15, 0.2) is 5.76 Å². The van der Waals surface area contributed by atoms with Crippen LogP contribution in [-0.2, 0) is 6.54 Å². The average Bonchev–Trinajstić information content (AvgIpc) is 2.99. The number of amides is 1. The summed E-state index contributed by atoms with van der Waals surface area (Å²) in [5.41, 5.74) is 5.44. The highest BCUT2D eigenvalue weighted by Gasteiger charge is 2.27. The summed E-state index contributed by atoms with van der Waals surface area (Å²) in [6.45, 7) is 3.91. The van der Waals surface area contributed by atoms with Gasteiger partial charge in [-0.2, -0.15) is 0 Å². The molecule has 2 N–H and O–H groups in total. The molecule has 0 unspecified atom stereocenters. The van der Waals surface area contributed by atoms with E-state index in [4.69, 9.17) is 10.2 Å². The van der Waals surface area contributed by atoms with E-state index in [0.717, 1.165) is 13.1 Å². The summed E-state index contributed by atoms with van der Waals surface area (Å²) in [5.74, 6) is 1.75. The summed E-state index contributed by atoms with van der Waals surface area (Å²) in [5, 5.41) is 0. The third-order valence-electron chi connectivity index (χ3n) is 2.92. The summed E-state index contributed by atoms with van der Waals surface area (Å²) in [7, 11) is 0. The molecule has 1 aromatic rings. The van der Waals surface area contributed by atoms with Gasteiger partial charge in [0.2, 0.25) is 0 Å². The van der Waals surface area contributed by atoms with Crippen molar-refractivity contribution in [2.45, 2.75) is 26.3 Å². The van der Waals surface area contributed by atoms with Crippen LogP contribution in [0.1, 0.15) is 36.1 Å². The SMILES string of the molecule is CCN(CC1CC1)C(=O)c1ccc(CN)o1. The molecule has 1 aromatic heterocycles. The van der Waals surface area contributed by atoms with Crippen molar-refractivity contribution in [2.75, 3.05) is 13.1 Å². The Morgan fingerprint density at radius 2 is 2.31 bits per heavy atom. The van der Waals surface area contributed by atoms with Crippen LogP contribution in [0.2, 0.25) is 0 Å². The first-order valence-electron chi connectivity index (χ1n) is 5.82. The molecular weight excluding hydrogens is 204 g/mol. The van der Waals surface area contributed by atoms with Gasteiger partial charge < -0.3 is 15.1 Å². The van der Waals surface area contributed by atoms with E-state index in [1.165, 1.54) is 12.8 Å². The normalized spacial score (nSPS) is 15.1. The van der Waals surface area contributed by atoms with Crippen LogP contribution in [0, 0.1) is 5.92 Å². The third-order valence-corrected chi connectivity index (χ3v) is 2.92. The first kappa shape index (κ1) is 11.2. The zero-order chi connectivity index (χ0) is 11.5.